The van der Waals surface area contributed by atoms with Crippen LogP contribution in [0, 0.1) is 0 Å². The summed E-state index contributed by atoms with van der Waals surface area (Å²) in [4.78, 5) is 12.1. The molecule has 0 aromatic heterocycles. The van der Waals surface area contributed by atoms with Crippen molar-refractivity contribution in [3.63, 3.8) is 0 Å². The zero-order valence-electron chi connectivity index (χ0n) is 19.3. The first kappa shape index (κ1) is 34.3. The van der Waals surface area contributed by atoms with E-state index in [4.69, 9.17) is 19.9 Å². The van der Waals surface area contributed by atoms with Crippen LogP contribution in [0.5, 0.6) is 0 Å². The maximum Gasteiger partial charge on any atom is 0.120 e. The van der Waals surface area contributed by atoms with Crippen molar-refractivity contribution in [2.75, 3.05) is 73.9 Å². The average Bonchev–Trinajstić information content (AvgIpc) is 2.66. The molecule has 0 saturated carbocycles. The van der Waals surface area contributed by atoms with Crippen LogP contribution in [0.1, 0.15) is 33.6 Å². The smallest absolute Gasteiger partial charge is 0.120 e. The number of carbonyl (C=O) groups excluding carboxylic acids is 1. The number of carbonyl (C=O) groups is 1. The van der Waals surface area contributed by atoms with Crippen molar-refractivity contribution in [2.45, 2.75) is 33.6 Å². The van der Waals surface area contributed by atoms with Gasteiger partial charge in [-0.1, -0.05) is 26.5 Å². The number of nitrogens with one attached hydrogen (secondary N) is 1. The van der Waals surface area contributed by atoms with Crippen molar-refractivity contribution in [3.05, 3.63) is 24.9 Å². The van der Waals surface area contributed by atoms with Gasteiger partial charge in [-0.25, -0.2) is 0 Å². The fraction of sp³-hybridized carbons (Fsp3) is 0.762. The summed E-state index contributed by atoms with van der Waals surface area (Å²) in [6.07, 6.45) is 3.82. The van der Waals surface area contributed by atoms with E-state index in [0.29, 0.717) is 65.6 Å². The lowest BCUT2D eigenvalue weighted by Gasteiger charge is -2.09. The molecule has 0 aliphatic carbocycles. The van der Waals surface area contributed by atoms with Crippen molar-refractivity contribution >= 4 is 6.29 Å². The fourth-order valence-electron chi connectivity index (χ4n) is 1.25. The van der Waals surface area contributed by atoms with Crippen LogP contribution in [0.4, 0.5) is 0 Å². The molecule has 0 unspecified atom stereocenters. The Kier molecular flexibility index (Phi) is 44.8. The fourth-order valence-corrected chi connectivity index (χ4v) is 1.25. The van der Waals surface area contributed by atoms with E-state index in [1.165, 1.54) is 0 Å². The number of hydrogen-bond acceptors (Lipinski definition) is 7. The molecular weight excluding hydrogens is 358 g/mol. The molecule has 0 saturated heterocycles. The molecule has 3 N–H and O–H groups in total. The van der Waals surface area contributed by atoms with Gasteiger partial charge < -0.3 is 35.0 Å². The molecule has 0 fully saturated rings. The predicted octanol–water partition coefficient (Wildman–Crippen LogP) is 2.47. The first-order valence-corrected chi connectivity index (χ1v) is 9.92. The van der Waals surface area contributed by atoms with E-state index >= 15 is 0 Å². The van der Waals surface area contributed by atoms with Crippen LogP contribution in [0.3, 0.4) is 0 Å². The Morgan fingerprint density at radius 1 is 1.00 bits per heavy atom. The highest BCUT2D eigenvalue weighted by molar-refractivity contribution is 5.49. The maximum atomic E-state index is 10.1. The Labute approximate surface area is 174 Å². The third-order valence-electron chi connectivity index (χ3n) is 2.19. The Morgan fingerprint density at radius 3 is 1.79 bits per heavy atom. The molecule has 0 spiro atoms. The number of nitrogens with zero attached hydrogens (tertiary/aromatic N) is 1. The summed E-state index contributed by atoms with van der Waals surface area (Å²) in [5.41, 5.74) is 6.14. The summed E-state index contributed by atoms with van der Waals surface area (Å²) < 4.78 is 15.8. The number of nitrogens with two attached hydrogens (primary N) is 1. The standard InChI is InChI=1S/C13H26N2O4.C3H9N.C3H6.C2H6/c1-13(3-2-6-16)15-5-8-18-10-12-19-11-9-17-7-4-14;1-4(2)3;1-3-2;1-2/h6,15H,1-5,7-12,14H2;1-3H3;3H,1H2,2H3;1-2H3. The zero-order chi connectivity index (χ0) is 22.5. The molecule has 7 nitrogen and oxygen atoms in total. The lowest BCUT2D eigenvalue weighted by atomic mass is 10.3. The number of allylic oxidation sites excluding steroid dienone is 2. The monoisotopic (exact) mass is 405 g/mol. The zero-order valence-corrected chi connectivity index (χ0v) is 19.3. The van der Waals surface area contributed by atoms with E-state index in [1.54, 1.807) is 6.08 Å². The molecule has 0 bridgehead atoms. The van der Waals surface area contributed by atoms with Crippen LogP contribution >= 0.6 is 0 Å². The van der Waals surface area contributed by atoms with Crippen molar-refractivity contribution < 1.29 is 19.0 Å². The highest BCUT2D eigenvalue weighted by Crippen LogP contribution is 1.94. The van der Waals surface area contributed by atoms with Gasteiger partial charge in [-0.3, -0.25) is 0 Å². The minimum Gasteiger partial charge on any atom is -0.386 e. The number of ether oxygens (including phenoxy) is 3. The summed E-state index contributed by atoms with van der Waals surface area (Å²) in [5, 5.41) is 3.09. The second-order valence-corrected chi connectivity index (χ2v) is 5.61. The Morgan fingerprint density at radius 2 is 1.39 bits per heavy atom. The maximum absolute atomic E-state index is 10.1. The lowest BCUT2D eigenvalue weighted by Crippen LogP contribution is -2.20. The summed E-state index contributed by atoms with van der Waals surface area (Å²) in [5.74, 6) is 0. The van der Waals surface area contributed by atoms with Gasteiger partial charge in [0.15, 0.2) is 0 Å². The molecular formula is C21H47N3O4. The number of hydrogen-bond donors (Lipinski definition) is 2. The third-order valence-corrected chi connectivity index (χ3v) is 2.19. The highest BCUT2D eigenvalue weighted by Gasteiger charge is 1.94. The molecule has 7 heteroatoms. The van der Waals surface area contributed by atoms with Gasteiger partial charge in [0.1, 0.15) is 6.29 Å². The number of rotatable bonds is 15. The Hall–Kier alpha value is -1.25. The van der Waals surface area contributed by atoms with E-state index in [2.05, 4.69) is 18.5 Å². The van der Waals surface area contributed by atoms with Crippen LogP contribution in [0.25, 0.3) is 0 Å². The first-order chi connectivity index (χ1) is 13.5. The molecule has 0 aromatic rings. The van der Waals surface area contributed by atoms with E-state index in [0.717, 1.165) is 12.0 Å². The molecule has 28 heavy (non-hydrogen) atoms. The van der Waals surface area contributed by atoms with Gasteiger partial charge in [-0.15, -0.1) is 6.58 Å². The Bertz CT molecular complexity index is 299. The second-order valence-electron chi connectivity index (χ2n) is 5.61. The van der Waals surface area contributed by atoms with Crippen LogP contribution in [-0.2, 0) is 19.0 Å². The largest absolute Gasteiger partial charge is 0.386 e. The van der Waals surface area contributed by atoms with E-state index in [9.17, 15) is 4.79 Å². The van der Waals surface area contributed by atoms with Gasteiger partial charge in [0.05, 0.1) is 39.6 Å². The molecule has 0 aromatic carbocycles. The van der Waals surface area contributed by atoms with Crippen LogP contribution in [0.2, 0.25) is 0 Å². The van der Waals surface area contributed by atoms with Crippen LogP contribution in [0.15, 0.2) is 24.9 Å². The highest BCUT2D eigenvalue weighted by atomic mass is 16.5. The molecule has 0 amide bonds. The molecule has 170 valence electrons. The van der Waals surface area contributed by atoms with Gasteiger partial charge in [0, 0.05) is 25.2 Å². The van der Waals surface area contributed by atoms with Crippen molar-refractivity contribution in [2.24, 2.45) is 5.73 Å². The van der Waals surface area contributed by atoms with E-state index < -0.39 is 0 Å². The predicted molar refractivity (Wildman–Crippen MR) is 121 cm³/mol. The molecule has 0 aliphatic rings. The third kappa shape index (κ3) is 56.3. The molecule has 0 aliphatic heterocycles. The van der Waals surface area contributed by atoms with Gasteiger partial charge in [-0.05, 0) is 34.5 Å². The normalized spacial score (nSPS) is 9.00. The minimum absolute atomic E-state index is 0.507. The summed E-state index contributed by atoms with van der Waals surface area (Å²) in [6, 6.07) is 0. The van der Waals surface area contributed by atoms with Gasteiger partial charge in [-0.2, -0.15) is 0 Å². The van der Waals surface area contributed by atoms with Crippen molar-refractivity contribution in [1.82, 2.24) is 10.2 Å². The molecule has 0 heterocycles. The molecule has 0 atom stereocenters. The van der Waals surface area contributed by atoms with E-state index in [1.807, 2.05) is 46.8 Å². The Balaban J connectivity index is -0.000000269. The van der Waals surface area contributed by atoms with Gasteiger partial charge in [0.25, 0.3) is 0 Å². The van der Waals surface area contributed by atoms with Crippen molar-refractivity contribution in [1.29, 1.82) is 0 Å². The SMILES string of the molecule is C=C(CCC=O)NCCOCCOCCOCCN.C=CC.CC.CN(C)C. The average molecular weight is 406 g/mol. The van der Waals surface area contributed by atoms with Gasteiger partial charge in [0.2, 0.25) is 0 Å². The first-order valence-electron chi connectivity index (χ1n) is 9.92. The number of aldehydes is 1. The topological polar surface area (TPSA) is 86.0 Å². The lowest BCUT2D eigenvalue weighted by molar-refractivity contribution is -0.107. The quantitative estimate of drug-likeness (QED) is 0.246. The van der Waals surface area contributed by atoms with E-state index in [-0.39, 0.29) is 0 Å². The molecule has 0 radical (unpaired) electrons. The van der Waals surface area contributed by atoms with Crippen molar-refractivity contribution in [3.8, 4) is 0 Å². The van der Waals surface area contributed by atoms with Crippen LogP contribution in [-0.4, -0.2) is 85.1 Å². The second kappa shape index (κ2) is 36.6. The summed E-state index contributed by atoms with van der Waals surface area (Å²) >= 11 is 0. The minimum atomic E-state index is 0.507. The summed E-state index contributed by atoms with van der Waals surface area (Å²) in [6.45, 7) is 17.7. The molecule has 0 rings (SSSR count). The van der Waals surface area contributed by atoms with Crippen LogP contribution < -0.4 is 11.1 Å². The summed E-state index contributed by atoms with van der Waals surface area (Å²) in [7, 11) is 6.00. The van der Waals surface area contributed by atoms with Gasteiger partial charge >= 0.3 is 0 Å².